The summed E-state index contributed by atoms with van der Waals surface area (Å²) in [6, 6.07) is 28.3. The Morgan fingerprint density at radius 1 is 0.781 bits per heavy atom. The van der Waals surface area contributed by atoms with Gasteiger partial charge >= 0.3 is 0 Å². The molecule has 32 heavy (non-hydrogen) atoms. The van der Waals surface area contributed by atoms with E-state index in [1.54, 1.807) is 4.68 Å². The molecule has 1 fully saturated rings. The number of nitrogens with zero attached hydrogens (tertiary/aromatic N) is 5. The number of piperazine rings is 1. The van der Waals surface area contributed by atoms with Gasteiger partial charge in [0.05, 0.1) is 5.69 Å². The van der Waals surface area contributed by atoms with E-state index in [-0.39, 0.29) is 11.7 Å². The predicted octanol–water partition coefficient (Wildman–Crippen LogP) is 4.21. The lowest BCUT2D eigenvalue weighted by Crippen LogP contribution is -2.49. The van der Waals surface area contributed by atoms with Crippen LogP contribution in [0.4, 0.5) is 5.69 Å². The van der Waals surface area contributed by atoms with Gasteiger partial charge in [-0.3, -0.25) is 4.79 Å². The molecule has 1 aromatic heterocycles. The number of carbonyl (C=O) groups excluding carboxylic acids is 1. The maximum absolute atomic E-state index is 13.3. The Labute approximate surface area is 187 Å². The van der Waals surface area contributed by atoms with Crippen LogP contribution in [-0.2, 0) is 0 Å². The smallest absolute Gasteiger partial charge is 0.293 e. The molecule has 1 aliphatic heterocycles. The fraction of sp³-hybridized carbons (Fsp3) is 0.192. The Balaban J connectivity index is 1.42. The number of para-hydroxylation sites is 1. The summed E-state index contributed by atoms with van der Waals surface area (Å²) >= 11 is 0. The number of aromatic nitrogens is 3. The van der Waals surface area contributed by atoms with Crippen LogP contribution in [0.5, 0.6) is 0 Å². The van der Waals surface area contributed by atoms with Crippen molar-refractivity contribution in [3.63, 3.8) is 0 Å². The van der Waals surface area contributed by atoms with Gasteiger partial charge in [0.15, 0.2) is 5.82 Å². The Morgan fingerprint density at radius 2 is 1.44 bits per heavy atom. The highest BCUT2D eigenvalue weighted by atomic mass is 16.2. The first-order valence-corrected chi connectivity index (χ1v) is 10.9. The molecule has 0 saturated carbocycles. The molecule has 160 valence electrons. The van der Waals surface area contributed by atoms with Crippen LogP contribution in [-0.4, -0.2) is 51.8 Å². The normalized spacial score (nSPS) is 13.9. The summed E-state index contributed by atoms with van der Waals surface area (Å²) in [5, 5.41) is 4.65. The van der Waals surface area contributed by atoms with Gasteiger partial charge in [-0.25, -0.2) is 9.67 Å². The summed E-state index contributed by atoms with van der Waals surface area (Å²) in [4.78, 5) is 22.1. The molecule has 0 N–H and O–H groups in total. The third-order valence-corrected chi connectivity index (χ3v) is 5.76. The van der Waals surface area contributed by atoms with E-state index in [4.69, 9.17) is 0 Å². The van der Waals surface area contributed by atoms with Crippen molar-refractivity contribution in [2.75, 3.05) is 31.1 Å². The predicted molar refractivity (Wildman–Crippen MR) is 126 cm³/mol. The molecule has 6 nitrogen and oxygen atoms in total. The van der Waals surface area contributed by atoms with Gasteiger partial charge in [0.2, 0.25) is 5.82 Å². The zero-order chi connectivity index (χ0) is 21.9. The molecule has 0 bridgehead atoms. The SMILES string of the molecule is Cc1cccc(-n2nc(C(=O)N3CCN(c4ccccc4)CC3)nc2-c2ccccc2)c1. The van der Waals surface area contributed by atoms with Gasteiger partial charge in [-0.2, -0.15) is 0 Å². The lowest BCUT2D eigenvalue weighted by Gasteiger charge is -2.35. The lowest BCUT2D eigenvalue weighted by atomic mass is 10.2. The third-order valence-electron chi connectivity index (χ3n) is 5.76. The fourth-order valence-corrected chi connectivity index (χ4v) is 4.06. The minimum absolute atomic E-state index is 0.124. The molecule has 1 saturated heterocycles. The molecule has 0 spiro atoms. The molecule has 5 rings (SSSR count). The van der Waals surface area contributed by atoms with E-state index in [0.29, 0.717) is 18.9 Å². The Bertz CT molecular complexity index is 1210. The van der Waals surface area contributed by atoms with E-state index in [0.717, 1.165) is 29.9 Å². The Morgan fingerprint density at radius 3 is 2.12 bits per heavy atom. The van der Waals surface area contributed by atoms with Crippen molar-refractivity contribution in [2.45, 2.75) is 6.92 Å². The van der Waals surface area contributed by atoms with Crippen LogP contribution in [0, 0.1) is 6.92 Å². The number of carbonyl (C=O) groups is 1. The largest absolute Gasteiger partial charge is 0.368 e. The van der Waals surface area contributed by atoms with E-state index in [1.807, 2.05) is 84.6 Å². The average molecular weight is 424 g/mol. The van der Waals surface area contributed by atoms with E-state index in [1.165, 1.54) is 5.69 Å². The fourth-order valence-electron chi connectivity index (χ4n) is 4.06. The van der Waals surface area contributed by atoms with E-state index in [9.17, 15) is 4.79 Å². The zero-order valence-electron chi connectivity index (χ0n) is 18.1. The standard InChI is InChI=1S/C26H25N5O/c1-20-9-8-14-23(19-20)31-25(21-10-4-2-5-11-21)27-24(28-31)26(32)30-17-15-29(16-18-30)22-12-6-3-7-13-22/h2-14,19H,15-18H2,1H3. The van der Waals surface area contributed by atoms with Gasteiger partial charge in [-0.15, -0.1) is 5.10 Å². The minimum Gasteiger partial charge on any atom is -0.368 e. The molecule has 0 radical (unpaired) electrons. The summed E-state index contributed by atoms with van der Waals surface area (Å²) < 4.78 is 1.77. The topological polar surface area (TPSA) is 54.3 Å². The van der Waals surface area contributed by atoms with Crippen molar-refractivity contribution in [3.05, 3.63) is 96.3 Å². The Hall–Kier alpha value is -3.93. The van der Waals surface area contributed by atoms with Crippen molar-refractivity contribution in [2.24, 2.45) is 0 Å². The summed E-state index contributed by atoms with van der Waals surface area (Å²) in [7, 11) is 0. The van der Waals surface area contributed by atoms with Gasteiger partial charge in [-0.05, 0) is 36.8 Å². The highest BCUT2D eigenvalue weighted by Gasteiger charge is 2.26. The maximum Gasteiger partial charge on any atom is 0.293 e. The molecule has 3 aromatic carbocycles. The molecule has 0 unspecified atom stereocenters. The molecular weight excluding hydrogens is 398 g/mol. The number of hydrogen-bond acceptors (Lipinski definition) is 4. The third kappa shape index (κ3) is 3.99. The van der Waals surface area contributed by atoms with Crippen molar-refractivity contribution >= 4 is 11.6 Å². The molecule has 6 heteroatoms. The first-order chi connectivity index (χ1) is 15.7. The highest BCUT2D eigenvalue weighted by molar-refractivity contribution is 5.91. The van der Waals surface area contributed by atoms with Crippen LogP contribution < -0.4 is 4.90 Å². The second-order valence-corrected chi connectivity index (χ2v) is 7.99. The summed E-state index contributed by atoms with van der Waals surface area (Å²) in [5.74, 6) is 0.780. The van der Waals surface area contributed by atoms with Crippen LogP contribution in [0.1, 0.15) is 16.2 Å². The minimum atomic E-state index is -0.124. The first-order valence-electron chi connectivity index (χ1n) is 10.9. The highest BCUT2D eigenvalue weighted by Crippen LogP contribution is 2.23. The zero-order valence-corrected chi connectivity index (χ0v) is 18.1. The number of benzene rings is 3. The van der Waals surface area contributed by atoms with Crippen LogP contribution >= 0.6 is 0 Å². The van der Waals surface area contributed by atoms with Crippen molar-refractivity contribution in [3.8, 4) is 17.1 Å². The lowest BCUT2D eigenvalue weighted by molar-refractivity contribution is 0.0734. The quantitative estimate of drug-likeness (QED) is 0.494. The molecular formula is C26H25N5O. The Kier molecular flexibility index (Phi) is 5.42. The van der Waals surface area contributed by atoms with E-state index >= 15 is 0 Å². The molecule has 0 aliphatic carbocycles. The summed E-state index contributed by atoms with van der Waals surface area (Å²) in [6.45, 7) is 4.92. The maximum atomic E-state index is 13.3. The number of aryl methyl sites for hydroxylation is 1. The van der Waals surface area contributed by atoms with Crippen LogP contribution in [0.25, 0.3) is 17.1 Å². The molecule has 1 amide bonds. The summed E-state index contributed by atoms with van der Waals surface area (Å²) in [5.41, 5.74) is 4.13. The second kappa shape index (κ2) is 8.67. The second-order valence-electron chi connectivity index (χ2n) is 7.99. The summed E-state index contributed by atoms with van der Waals surface area (Å²) in [6.07, 6.45) is 0. The van der Waals surface area contributed by atoms with Gasteiger partial charge in [0, 0.05) is 37.4 Å². The molecule has 4 aromatic rings. The van der Waals surface area contributed by atoms with Crippen LogP contribution in [0.15, 0.2) is 84.9 Å². The number of rotatable bonds is 4. The van der Waals surface area contributed by atoms with Gasteiger partial charge in [-0.1, -0.05) is 60.7 Å². The van der Waals surface area contributed by atoms with Gasteiger partial charge in [0.25, 0.3) is 5.91 Å². The molecule has 0 atom stereocenters. The monoisotopic (exact) mass is 423 g/mol. The van der Waals surface area contributed by atoms with Crippen molar-refractivity contribution in [1.82, 2.24) is 19.7 Å². The molecule has 2 heterocycles. The average Bonchev–Trinajstić information content (AvgIpc) is 3.30. The molecule has 1 aliphatic rings. The van der Waals surface area contributed by atoms with Crippen LogP contribution in [0.2, 0.25) is 0 Å². The van der Waals surface area contributed by atoms with E-state index in [2.05, 4.69) is 27.1 Å². The van der Waals surface area contributed by atoms with Crippen molar-refractivity contribution < 1.29 is 4.79 Å². The van der Waals surface area contributed by atoms with Crippen LogP contribution in [0.3, 0.4) is 0 Å². The number of amides is 1. The van der Waals surface area contributed by atoms with Gasteiger partial charge < -0.3 is 9.80 Å². The number of anilines is 1. The van der Waals surface area contributed by atoms with Crippen molar-refractivity contribution in [1.29, 1.82) is 0 Å². The first kappa shape index (κ1) is 20.0. The number of hydrogen-bond donors (Lipinski definition) is 0. The van der Waals surface area contributed by atoms with Gasteiger partial charge in [0.1, 0.15) is 0 Å². The van der Waals surface area contributed by atoms with E-state index < -0.39 is 0 Å².